The number of nitrogens with zero attached hydrogens (tertiary/aromatic N) is 1. The van der Waals surface area contributed by atoms with E-state index in [9.17, 15) is 4.39 Å². The zero-order valence-corrected chi connectivity index (χ0v) is 11.2. The van der Waals surface area contributed by atoms with Crippen LogP contribution in [-0.4, -0.2) is 30.6 Å². The third-order valence-electron chi connectivity index (χ3n) is 3.57. The Labute approximate surface area is 109 Å². The van der Waals surface area contributed by atoms with Crippen molar-refractivity contribution in [3.05, 3.63) is 35.6 Å². The first-order valence-electron chi connectivity index (χ1n) is 6.98. The summed E-state index contributed by atoms with van der Waals surface area (Å²) < 4.78 is 13.1. The fraction of sp³-hybridized carbons (Fsp3) is 0.600. The van der Waals surface area contributed by atoms with Crippen molar-refractivity contribution < 1.29 is 4.39 Å². The minimum Gasteiger partial charge on any atom is -0.314 e. The van der Waals surface area contributed by atoms with Gasteiger partial charge in [0.05, 0.1) is 0 Å². The number of nitrogens with one attached hydrogen (secondary N) is 1. The third-order valence-corrected chi connectivity index (χ3v) is 3.57. The van der Waals surface area contributed by atoms with Crippen LogP contribution in [0.5, 0.6) is 0 Å². The van der Waals surface area contributed by atoms with Crippen LogP contribution in [-0.2, 0) is 6.54 Å². The highest BCUT2D eigenvalue weighted by Crippen LogP contribution is 2.14. The summed E-state index contributed by atoms with van der Waals surface area (Å²) in [5, 5.41) is 3.58. The molecule has 2 rings (SSSR count). The summed E-state index contributed by atoms with van der Waals surface area (Å²) in [5.74, 6) is -0.132. The van der Waals surface area contributed by atoms with Crippen molar-refractivity contribution in [2.75, 3.05) is 19.6 Å². The topological polar surface area (TPSA) is 15.3 Å². The van der Waals surface area contributed by atoms with Crippen molar-refractivity contribution in [2.24, 2.45) is 0 Å². The predicted molar refractivity (Wildman–Crippen MR) is 73.0 cm³/mol. The van der Waals surface area contributed by atoms with Crippen molar-refractivity contribution >= 4 is 0 Å². The van der Waals surface area contributed by atoms with Gasteiger partial charge in [0.25, 0.3) is 0 Å². The lowest BCUT2D eigenvalue weighted by molar-refractivity contribution is 0.191. The summed E-state index contributed by atoms with van der Waals surface area (Å²) in [6.07, 6.45) is 3.61. The highest BCUT2D eigenvalue weighted by molar-refractivity contribution is 5.16. The van der Waals surface area contributed by atoms with E-state index in [1.54, 1.807) is 12.1 Å². The van der Waals surface area contributed by atoms with Gasteiger partial charge in [-0.15, -0.1) is 0 Å². The molecule has 1 aromatic carbocycles. The van der Waals surface area contributed by atoms with Crippen molar-refractivity contribution in [3.63, 3.8) is 0 Å². The number of piperidine rings is 1. The SMILES string of the molecule is CCCNC1CCN(Cc2cccc(F)c2)CC1. The van der Waals surface area contributed by atoms with Crippen LogP contribution in [0.1, 0.15) is 31.7 Å². The van der Waals surface area contributed by atoms with Gasteiger partial charge in [-0.2, -0.15) is 0 Å². The summed E-state index contributed by atoms with van der Waals surface area (Å²) in [5.41, 5.74) is 1.08. The van der Waals surface area contributed by atoms with Crippen molar-refractivity contribution in [2.45, 2.75) is 38.8 Å². The van der Waals surface area contributed by atoms with Crippen molar-refractivity contribution in [1.82, 2.24) is 10.2 Å². The Morgan fingerprint density at radius 2 is 2.11 bits per heavy atom. The van der Waals surface area contributed by atoms with Gasteiger partial charge in [0.15, 0.2) is 0 Å². The molecular formula is C15H23FN2. The maximum absolute atomic E-state index is 13.1. The molecule has 3 heteroatoms. The van der Waals surface area contributed by atoms with Gasteiger partial charge in [-0.1, -0.05) is 19.1 Å². The molecule has 1 aromatic rings. The van der Waals surface area contributed by atoms with Crippen molar-refractivity contribution in [1.29, 1.82) is 0 Å². The second-order valence-corrected chi connectivity index (χ2v) is 5.13. The van der Waals surface area contributed by atoms with Gasteiger partial charge in [-0.25, -0.2) is 4.39 Å². The van der Waals surface area contributed by atoms with E-state index < -0.39 is 0 Å². The average molecular weight is 250 g/mol. The van der Waals surface area contributed by atoms with Gasteiger partial charge in [0.1, 0.15) is 5.82 Å². The Bertz CT molecular complexity index is 359. The highest BCUT2D eigenvalue weighted by Gasteiger charge is 2.18. The molecule has 1 fully saturated rings. The zero-order valence-electron chi connectivity index (χ0n) is 11.2. The van der Waals surface area contributed by atoms with E-state index in [1.807, 2.05) is 6.07 Å². The molecule has 100 valence electrons. The van der Waals surface area contributed by atoms with E-state index in [0.717, 1.165) is 31.7 Å². The molecule has 18 heavy (non-hydrogen) atoms. The average Bonchev–Trinajstić information content (AvgIpc) is 2.38. The quantitative estimate of drug-likeness (QED) is 0.864. The van der Waals surface area contributed by atoms with E-state index in [1.165, 1.54) is 25.3 Å². The van der Waals surface area contributed by atoms with Crippen LogP contribution in [0.4, 0.5) is 4.39 Å². The fourth-order valence-corrected chi connectivity index (χ4v) is 2.54. The summed E-state index contributed by atoms with van der Waals surface area (Å²) in [4.78, 5) is 2.42. The molecule has 0 aliphatic carbocycles. The molecule has 1 N–H and O–H groups in total. The molecule has 1 saturated heterocycles. The van der Waals surface area contributed by atoms with Crippen LogP contribution in [0.25, 0.3) is 0 Å². The number of likely N-dealkylation sites (tertiary alicyclic amines) is 1. The van der Waals surface area contributed by atoms with E-state index in [4.69, 9.17) is 0 Å². The maximum atomic E-state index is 13.1. The Morgan fingerprint density at radius 1 is 1.33 bits per heavy atom. The number of rotatable bonds is 5. The van der Waals surface area contributed by atoms with Crippen LogP contribution < -0.4 is 5.32 Å². The largest absolute Gasteiger partial charge is 0.314 e. The lowest BCUT2D eigenvalue weighted by Gasteiger charge is -2.32. The number of benzene rings is 1. The number of hydrogen-bond donors (Lipinski definition) is 1. The molecule has 0 saturated carbocycles. The molecule has 2 nitrogen and oxygen atoms in total. The number of hydrogen-bond acceptors (Lipinski definition) is 2. The molecule has 1 heterocycles. The van der Waals surface area contributed by atoms with Crippen LogP contribution in [0.2, 0.25) is 0 Å². The lowest BCUT2D eigenvalue weighted by atomic mass is 10.0. The van der Waals surface area contributed by atoms with Gasteiger partial charge < -0.3 is 5.32 Å². The molecule has 0 aromatic heterocycles. The van der Waals surface area contributed by atoms with Gasteiger partial charge >= 0.3 is 0 Å². The van der Waals surface area contributed by atoms with Gasteiger partial charge in [0, 0.05) is 12.6 Å². The Kier molecular flexibility index (Phi) is 5.14. The first-order chi connectivity index (χ1) is 8.78. The van der Waals surface area contributed by atoms with Gasteiger partial charge in [0.2, 0.25) is 0 Å². The van der Waals surface area contributed by atoms with Crippen LogP contribution in [0.3, 0.4) is 0 Å². The summed E-state index contributed by atoms with van der Waals surface area (Å²) >= 11 is 0. The van der Waals surface area contributed by atoms with Crippen molar-refractivity contribution in [3.8, 4) is 0 Å². The van der Waals surface area contributed by atoms with E-state index >= 15 is 0 Å². The molecule has 0 spiro atoms. The number of halogens is 1. The first kappa shape index (κ1) is 13.5. The molecule has 0 unspecified atom stereocenters. The minimum atomic E-state index is -0.132. The van der Waals surface area contributed by atoms with Crippen LogP contribution in [0, 0.1) is 5.82 Å². The summed E-state index contributed by atoms with van der Waals surface area (Å²) in [6, 6.07) is 7.62. The summed E-state index contributed by atoms with van der Waals surface area (Å²) in [6.45, 7) is 6.41. The summed E-state index contributed by atoms with van der Waals surface area (Å²) in [7, 11) is 0. The molecule has 0 radical (unpaired) electrons. The van der Waals surface area contributed by atoms with Crippen LogP contribution in [0.15, 0.2) is 24.3 Å². The molecule has 0 amide bonds. The molecule has 0 atom stereocenters. The molecule has 1 aliphatic rings. The Hall–Kier alpha value is -0.930. The smallest absolute Gasteiger partial charge is 0.123 e. The second-order valence-electron chi connectivity index (χ2n) is 5.13. The van der Waals surface area contributed by atoms with E-state index in [2.05, 4.69) is 17.1 Å². The maximum Gasteiger partial charge on any atom is 0.123 e. The van der Waals surface area contributed by atoms with Gasteiger partial charge in [-0.05, 0) is 56.6 Å². The molecule has 0 bridgehead atoms. The molecular weight excluding hydrogens is 227 g/mol. The highest BCUT2D eigenvalue weighted by atomic mass is 19.1. The Balaban J connectivity index is 1.76. The lowest BCUT2D eigenvalue weighted by Crippen LogP contribution is -2.42. The fourth-order valence-electron chi connectivity index (χ4n) is 2.54. The van der Waals surface area contributed by atoms with Gasteiger partial charge in [-0.3, -0.25) is 4.90 Å². The zero-order chi connectivity index (χ0) is 12.8. The Morgan fingerprint density at radius 3 is 2.78 bits per heavy atom. The standard InChI is InChI=1S/C15H23FN2/c1-2-8-17-15-6-9-18(10-7-15)12-13-4-3-5-14(16)11-13/h3-5,11,15,17H,2,6-10,12H2,1H3. The van der Waals surface area contributed by atoms with E-state index in [-0.39, 0.29) is 5.82 Å². The van der Waals surface area contributed by atoms with E-state index in [0.29, 0.717) is 6.04 Å². The third kappa shape index (κ3) is 4.07. The second kappa shape index (κ2) is 6.86. The predicted octanol–water partition coefficient (Wildman–Crippen LogP) is 2.79. The minimum absolute atomic E-state index is 0.132. The normalized spacial score (nSPS) is 18.1. The van der Waals surface area contributed by atoms with Crippen LogP contribution >= 0.6 is 0 Å². The first-order valence-corrected chi connectivity index (χ1v) is 6.98. The molecule has 1 aliphatic heterocycles. The monoisotopic (exact) mass is 250 g/mol.